The van der Waals surface area contributed by atoms with Gasteiger partial charge in [0.05, 0.1) is 0 Å². The van der Waals surface area contributed by atoms with Crippen molar-refractivity contribution in [1.82, 2.24) is 0 Å². The first-order valence-electron chi connectivity index (χ1n) is 3.83. The number of halogens is 1. The minimum absolute atomic E-state index is 1.17. The van der Waals surface area contributed by atoms with Gasteiger partial charge in [0, 0.05) is 5.33 Å². The van der Waals surface area contributed by atoms with Gasteiger partial charge in [0.15, 0.2) is 0 Å². The van der Waals surface area contributed by atoms with Gasteiger partial charge in [0.1, 0.15) is 0 Å². The zero-order chi connectivity index (χ0) is 6.53. The molecule has 53 valence electrons. The van der Waals surface area contributed by atoms with Gasteiger partial charge < -0.3 is 0 Å². The van der Waals surface area contributed by atoms with E-state index in [9.17, 15) is 0 Å². The van der Waals surface area contributed by atoms with Gasteiger partial charge in [0.2, 0.25) is 0 Å². The Morgan fingerprint density at radius 3 is 2.33 bits per heavy atom. The lowest BCUT2D eigenvalue weighted by molar-refractivity contribution is 0.517. The Bertz CT molecular complexity index is 62.2. The topological polar surface area (TPSA) is 0 Å². The highest BCUT2D eigenvalue weighted by atomic mass is 79.9. The maximum Gasteiger partial charge on any atom is 0.00367 e. The van der Waals surface area contributed by atoms with Gasteiger partial charge in [0.25, 0.3) is 0 Å². The number of hydrogen-bond acceptors (Lipinski definition) is 0. The molecule has 0 N–H and O–H groups in total. The van der Waals surface area contributed by atoms with Crippen LogP contribution in [-0.2, 0) is 0 Å². The summed E-state index contributed by atoms with van der Waals surface area (Å²) in [6.07, 6.45) is 8.49. The third kappa shape index (κ3) is 2.70. The van der Waals surface area contributed by atoms with E-state index in [-0.39, 0.29) is 0 Å². The van der Waals surface area contributed by atoms with E-state index in [1.807, 2.05) is 0 Å². The first-order valence-corrected chi connectivity index (χ1v) is 4.95. The third-order valence-electron chi connectivity index (χ3n) is 2.01. The SMILES string of the molecule is BrCC[C]1CCCCC1. The van der Waals surface area contributed by atoms with Gasteiger partial charge in [-0.2, -0.15) is 0 Å². The summed E-state index contributed by atoms with van der Waals surface area (Å²) in [4.78, 5) is 0. The summed E-state index contributed by atoms with van der Waals surface area (Å²) < 4.78 is 0. The molecule has 1 rings (SSSR count). The molecular weight excluding hydrogens is 176 g/mol. The molecule has 0 aromatic heterocycles. The van der Waals surface area contributed by atoms with Crippen LogP contribution in [0.2, 0.25) is 0 Å². The molecule has 0 amide bonds. The molecule has 0 aliphatic heterocycles. The zero-order valence-electron chi connectivity index (χ0n) is 5.83. The molecule has 0 heterocycles. The standard InChI is InChI=1S/C8H14Br/c9-7-6-8-4-2-1-3-5-8/h1-7H2. The van der Waals surface area contributed by atoms with Crippen LogP contribution in [0.15, 0.2) is 0 Å². The first kappa shape index (κ1) is 7.59. The van der Waals surface area contributed by atoms with Crippen molar-refractivity contribution in [3.63, 3.8) is 0 Å². The summed E-state index contributed by atoms with van der Waals surface area (Å²) in [5, 5.41) is 1.17. The van der Waals surface area contributed by atoms with E-state index in [0.29, 0.717) is 0 Å². The second-order valence-electron chi connectivity index (χ2n) is 2.75. The lowest BCUT2D eigenvalue weighted by atomic mass is 9.88. The summed E-state index contributed by atoms with van der Waals surface area (Å²) in [5.41, 5.74) is 0. The second-order valence-corrected chi connectivity index (χ2v) is 3.54. The maximum absolute atomic E-state index is 3.46. The van der Waals surface area contributed by atoms with Crippen LogP contribution in [-0.4, -0.2) is 5.33 Å². The highest BCUT2D eigenvalue weighted by molar-refractivity contribution is 9.09. The van der Waals surface area contributed by atoms with Gasteiger partial charge in [-0.3, -0.25) is 0 Å². The highest BCUT2D eigenvalue weighted by Gasteiger charge is 2.11. The van der Waals surface area contributed by atoms with Crippen LogP contribution in [0, 0.1) is 5.92 Å². The Morgan fingerprint density at radius 2 is 1.78 bits per heavy atom. The van der Waals surface area contributed by atoms with E-state index >= 15 is 0 Å². The minimum Gasteiger partial charge on any atom is -0.0928 e. The summed E-state index contributed by atoms with van der Waals surface area (Å²) in [7, 11) is 0. The molecule has 0 unspecified atom stereocenters. The van der Waals surface area contributed by atoms with E-state index in [4.69, 9.17) is 0 Å². The number of alkyl halides is 1. The quantitative estimate of drug-likeness (QED) is 0.586. The van der Waals surface area contributed by atoms with Crippen LogP contribution < -0.4 is 0 Å². The molecular formula is C8H14Br. The Hall–Kier alpha value is 0.480. The van der Waals surface area contributed by atoms with E-state index in [1.54, 1.807) is 5.92 Å². The second kappa shape index (κ2) is 4.32. The summed E-state index contributed by atoms with van der Waals surface area (Å²) in [6, 6.07) is 0. The van der Waals surface area contributed by atoms with Gasteiger partial charge in [-0.25, -0.2) is 0 Å². The van der Waals surface area contributed by atoms with Gasteiger partial charge in [-0.15, -0.1) is 0 Å². The van der Waals surface area contributed by atoms with Crippen molar-refractivity contribution >= 4 is 15.9 Å². The molecule has 0 saturated heterocycles. The van der Waals surface area contributed by atoms with Crippen LogP contribution in [0.5, 0.6) is 0 Å². The summed E-state index contributed by atoms with van der Waals surface area (Å²) in [6.45, 7) is 0. The van der Waals surface area contributed by atoms with Gasteiger partial charge in [-0.1, -0.05) is 35.2 Å². The number of rotatable bonds is 2. The molecule has 1 aliphatic carbocycles. The van der Waals surface area contributed by atoms with Gasteiger partial charge in [-0.05, 0) is 25.2 Å². The predicted molar refractivity (Wildman–Crippen MR) is 44.7 cm³/mol. The van der Waals surface area contributed by atoms with Crippen molar-refractivity contribution in [3.8, 4) is 0 Å². The molecule has 0 spiro atoms. The molecule has 1 saturated carbocycles. The lowest BCUT2D eigenvalue weighted by Gasteiger charge is -2.19. The Balaban J connectivity index is 2.08. The smallest absolute Gasteiger partial charge is 0.00367 e. The average molecular weight is 190 g/mol. The van der Waals surface area contributed by atoms with Crippen molar-refractivity contribution in [3.05, 3.63) is 5.92 Å². The Labute approximate surface area is 66.2 Å². The van der Waals surface area contributed by atoms with E-state index in [1.165, 1.54) is 43.9 Å². The average Bonchev–Trinajstić information content (AvgIpc) is 1.91. The van der Waals surface area contributed by atoms with Crippen LogP contribution in [0.4, 0.5) is 0 Å². The largest absolute Gasteiger partial charge is 0.0928 e. The van der Waals surface area contributed by atoms with Crippen molar-refractivity contribution < 1.29 is 0 Å². The Morgan fingerprint density at radius 1 is 1.11 bits per heavy atom. The van der Waals surface area contributed by atoms with Crippen LogP contribution >= 0.6 is 15.9 Å². The lowest BCUT2D eigenvalue weighted by Crippen LogP contribution is -2.03. The van der Waals surface area contributed by atoms with Crippen molar-refractivity contribution in [2.24, 2.45) is 0 Å². The fourth-order valence-corrected chi connectivity index (χ4v) is 2.00. The highest BCUT2D eigenvalue weighted by Crippen LogP contribution is 2.28. The van der Waals surface area contributed by atoms with Crippen LogP contribution in [0.1, 0.15) is 38.5 Å². The fraction of sp³-hybridized carbons (Fsp3) is 0.875. The van der Waals surface area contributed by atoms with E-state index in [0.717, 1.165) is 0 Å². The molecule has 1 fully saturated rings. The summed E-state index contributed by atoms with van der Waals surface area (Å²) in [5.74, 6) is 1.79. The zero-order valence-corrected chi connectivity index (χ0v) is 7.41. The maximum atomic E-state index is 3.46. The predicted octanol–water partition coefficient (Wildman–Crippen LogP) is 3.31. The molecule has 0 aromatic carbocycles. The van der Waals surface area contributed by atoms with Crippen LogP contribution in [0.25, 0.3) is 0 Å². The van der Waals surface area contributed by atoms with E-state index in [2.05, 4.69) is 15.9 Å². The van der Waals surface area contributed by atoms with Crippen molar-refractivity contribution in [2.75, 3.05) is 5.33 Å². The first-order chi connectivity index (χ1) is 4.43. The van der Waals surface area contributed by atoms with Gasteiger partial charge >= 0.3 is 0 Å². The molecule has 0 aromatic rings. The third-order valence-corrected chi connectivity index (χ3v) is 2.41. The molecule has 0 atom stereocenters. The molecule has 1 aliphatic rings. The van der Waals surface area contributed by atoms with Crippen molar-refractivity contribution in [2.45, 2.75) is 38.5 Å². The number of hydrogen-bond donors (Lipinski definition) is 0. The van der Waals surface area contributed by atoms with Crippen molar-refractivity contribution in [1.29, 1.82) is 0 Å². The molecule has 0 bridgehead atoms. The monoisotopic (exact) mass is 189 g/mol. The molecule has 1 heteroatoms. The molecule has 1 radical (unpaired) electrons. The van der Waals surface area contributed by atoms with E-state index < -0.39 is 0 Å². The summed E-state index contributed by atoms with van der Waals surface area (Å²) >= 11 is 3.46. The fourth-order valence-electron chi connectivity index (χ4n) is 1.44. The molecule has 9 heavy (non-hydrogen) atoms. The normalized spacial score (nSPS) is 22.3. The minimum atomic E-state index is 1.17. The van der Waals surface area contributed by atoms with Crippen LogP contribution in [0.3, 0.4) is 0 Å². The molecule has 0 nitrogen and oxygen atoms in total. The Kier molecular flexibility index (Phi) is 3.64.